The van der Waals surface area contributed by atoms with E-state index in [1.807, 2.05) is 12.1 Å². The zero-order valence-corrected chi connectivity index (χ0v) is 16.9. The van der Waals surface area contributed by atoms with Gasteiger partial charge in [0.25, 0.3) is 0 Å². The number of benzene rings is 1. The molecule has 1 aromatic rings. The van der Waals surface area contributed by atoms with Crippen LogP contribution in [-0.4, -0.2) is 17.7 Å². The molecule has 1 rings (SSSR count). The minimum Gasteiger partial charge on any atom is -0.507 e. The van der Waals surface area contributed by atoms with E-state index in [1.54, 1.807) is 0 Å². The van der Waals surface area contributed by atoms with Crippen LogP contribution in [0.3, 0.4) is 0 Å². The molecule has 0 fully saturated rings. The molecule has 0 radical (unpaired) electrons. The lowest BCUT2D eigenvalue weighted by atomic mass is 9.75. The minimum atomic E-state index is -0.975. The molecule has 0 unspecified atom stereocenters. The molecule has 0 aliphatic rings. The molecule has 0 bridgehead atoms. The third-order valence-corrected chi connectivity index (χ3v) is 4.78. The van der Waals surface area contributed by atoms with Crippen molar-refractivity contribution in [2.75, 3.05) is 0 Å². The first-order chi connectivity index (χ1) is 11.4. The summed E-state index contributed by atoms with van der Waals surface area (Å²) in [5.74, 6) is 0.320. The predicted octanol–water partition coefficient (Wildman–Crippen LogP) is 5.10. The Balaban J connectivity index is 3.49. The first kappa shape index (κ1) is 21.4. The molecule has 25 heavy (non-hydrogen) atoms. The third-order valence-electron chi connectivity index (χ3n) is 4.78. The van der Waals surface area contributed by atoms with Crippen molar-refractivity contribution in [1.82, 2.24) is 0 Å². The monoisotopic (exact) mass is 346 g/mol. The molecule has 3 nitrogen and oxygen atoms in total. The molecule has 140 valence electrons. The zero-order chi connectivity index (χ0) is 19.5. The van der Waals surface area contributed by atoms with Gasteiger partial charge in [0, 0.05) is 0 Å². The van der Waals surface area contributed by atoms with Crippen molar-refractivity contribution in [3.8, 4) is 5.75 Å². The van der Waals surface area contributed by atoms with E-state index in [0.29, 0.717) is 18.6 Å². The molecule has 0 aliphatic heterocycles. The van der Waals surface area contributed by atoms with Crippen molar-refractivity contribution < 1.29 is 14.7 Å². The van der Waals surface area contributed by atoms with Crippen LogP contribution >= 0.6 is 0 Å². The van der Waals surface area contributed by atoms with Crippen LogP contribution in [0.1, 0.15) is 84.4 Å². The molecule has 0 amide bonds. The maximum Gasteiger partial charge on any atom is 0.133 e. The predicted molar refractivity (Wildman–Crippen MR) is 103 cm³/mol. The van der Waals surface area contributed by atoms with Gasteiger partial charge in [-0.3, -0.25) is 0 Å². The summed E-state index contributed by atoms with van der Waals surface area (Å²) in [7, 11) is 0. The number of aromatic hydroxyl groups is 1. The molecule has 0 saturated carbocycles. The van der Waals surface area contributed by atoms with E-state index in [9.17, 15) is 14.7 Å². The summed E-state index contributed by atoms with van der Waals surface area (Å²) in [6.07, 6.45) is 4.33. The second-order valence-corrected chi connectivity index (χ2v) is 9.29. The van der Waals surface area contributed by atoms with Crippen molar-refractivity contribution in [1.29, 1.82) is 0 Å². The third kappa shape index (κ3) is 5.17. The van der Waals surface area contributed by atoms with Crippen molar-refractivity contribution >= 4 is 12.6 Å². The van der Waals surface area contributed by atoms with E-state index >= 15 is 0 Å². The van der Waals surface area contributed by atoms with Gasteiger partial charge in [-0.25, -0.2) is 0 Å². The lowest BCUT2D eigenvalue weighted by Crippen LogP contribution is -2.28. The summed E-state index contributed by atoms with van der Waals surface area (Å²) >= 11 is 0. The van der Waals surface area contributed by atoms with Crippen molar-refractivity contribution in [2.24, 2.45) is 5.41 Å². The van der Waals surface area contributed by atoms with Gasteiger partial charge in [0.2, 0.25) is 0 Å². The normalized spacial score (nSPS) is 12.9. The van der Waals surface area contributed by atoms with Crippen LogP contribution in [0.25, 0.3) is 0 Å². The topological polar surface area (TPSA) is 54.4 Å². The number of hydrogen-bond acceptors (Lipinski definition) is 3. The van der Waals surface area contributed by atoms with Crippen LogP contribution < -0.4 is 0 Å². The second-order valence-electron chi connectivity index (χ2n) is 9.29. The fourth-order valence-corrected chi connectivity index (χ4v) is 3.14. The molecule has 1 N–H and O–H groups in total. The van der Waals surface area contributed by atoms with Crippen LogP contribution in [0.4, 0.5) is 0 Å². The second kappa shape index (κ2) is 7.72. The highest BCUT2D eigenvalue weighted by Crippen LogP contribution is 2.41. The summed E-state index contributed by atoms with van der Waals surface area (Å²) in [5, 5.41) is 10.8. The smallest absolute Gasteiger partial charge is 0.133 e. The number of aldehydes is 2. The Kier molecular flexibility index (Phi) is 6.61. The van der Waals surface area contributed by atoms with E-state index in [-0.39, 0.29) is 10.8 Å². The first-order valence-electron chi connectivity index (χ1n) is 9.19. The molecular formula is C22H34O3. The van der Waals surface area contributed by atoms with Crippen LogP contribution in [0.5, 0.6) is 5.75 Å². The Morgan fingerprint density at radius 3 is 1.68 bits per heavy atom. The van der Waals surface area contributed by atoms with E-state index in [0.717, 1.165) is 42.1 Å². The fourth-order valence-electron chi connectivity index (χ4n) is 3.14. The van der Waals surface area contributed by atoms with Gasteiger partial charge in [-0.2, -0.15) is 0 Å². The Morgan fingerprint density at radius 1 is 0.920 bits per heavy atom. The average molecular weight is 347 g/mol. The van der Waals surface area contributed by atoms with E-state index in [4.69, 9.17) is 0 Å². The first-order valence-corrected chi connectivity index (χ1v) is 9.19. The number of rotatable bonds is 7. The summed E-state index contributed by atoms with van der Waals surface area (Å²) in [4.78, 5) is 23.4. The van der Waals surface area contributed by atoms with Crippen LogP contribution in [0, 0.1) is 5.41 Å². The summed E-state index contributed by atoms with van der Waals surface area (Å²) in [6, 6.07) is 3.91. The number of hydrogen-bond donors (Lipinski definition) is 1. The highest BCUT2D eigenvalue weighted by atomic mass is 16.3. The molecule has 0 heterocycles. The van der Waals surface area contributed by atoms with Gasteiger partial charge in [-0.15, -0.1) is 0 Å². The Hall–Kier alpha value is -1.64. The van der Waals surface area contributed by atoms with Gasteiger partial charge in [-0.1, -0.05) is 73.4 Å². The maximum absolute atomic E-state index is 11.7. The Labute approximate surface area is 152 Å². The number of phenols is 1. The molecule has 0 spiro atoms. The fraction of sp³-hybridized carbons (Fsp3) is 0.636. The van der Waals surface area contributed by atoms with Crippen LogP contribution in [0.15, 0.2) is 12.1 Å². The molecule has 0 atom stereocenters. The average Bonchev–Trinajstić information content (AvgIpc) is 2.50. The number of unbranched alkanes of at least 4 members (excludes halogenated alkanes) is 1. The van der Waals surface area contributed by atoms with Crippen molar-refractivity contribution in [3.63, 3.8) is 0 Å². The molecule has 0 saturated heterocycles. The van der Waals surface area contributed by atoms with Gasteiger partial charge in [-0.05, 0) is 40.4 Å². The van der Waals surface area contributed by atoms with Gasteiger partial charge >= 0.3 is 0 Å². The number of carbonyl (C=O) groups is 2. The molecule has 0 aromatic heterocycles. The maximum atomic E-state index is 11.7. The standard InChI is InChI=1S/C22H34O3/c1-8-9-10-22(14-23,15-24)13-16-11-17(20(2,3)4)19(25)18(12-16)21(5,6)7/h11-12,14-15,25H,8-10,13H2,1-7H3. The summed E-state index contributed by atoms with van der Waals surface area (Å²) in [5.41, 5.74) is 1.22. The van der Waals surface area contributed by atoms with Gasteiger partial charge in [0.15, 0.2) is 0 Å². The van der Waals surface area contributed by atoms with Gasteiger partial charge in [0.1, 0.15) is 18.3 Å². The summed E-state index contributed by atoms with van der Waals surface area (Å²) in [6.45, 7) is 14.4. The Morgan fingerprint density at radius 2 is 1.36 bits per heavy atom. The lowest BCUT2D eigenvalue weighted by Gasteiger charge is -2.30. The van der Waals surface area contributed by atoms with Gasteiger partial charge < -0.3 is 14.7 Å². The van der Waals surface area contributed by atoms with Crippen LogP contribution in [0.2, 0.25) is 0 Å². The number of carbonyl (C=O) groups excluding carboxylic acids is 2. The molecule has 1 aromatic carbocycles. The Bertz CT molecular complexity index is 572. The molecule has 0 aliphatic carbocycles. The van der Waals surface area contributed by atoms with Crippen molar-refractivity contribution in [2.45, 2.75) is 85.0 Å². The largest absolute Gasteiger partial charge is 0.507 e. The van der Waals surface area contributed by atoms with Crippen molar-refractivity contribution in [3.05, 3.63) is 28.8 Å². The highest BCUT2D eigenvalue weighted by molar-refractivity contribution is 5.84. The molecular weight excluding hydrogens is 312 g/mol. The number of phenolic OH excluding ortho intramolecular Hbond substituents is 1. The minimum absolute atomic E-state index is 0.228. The summed E-state index contributed by atoms with van der Waals surface area (Å²) < 4.78 is 0. The zero-order valence-electron chi connectivity index (χ0n) is 16.9. The SMILES string of the molecule is CCCCC(C=O)(C=O)Cc1cc(C(C)(C)C)c(O)c(C(C)(C)C)c1. The van der Waals surface area contributed by atoms with Gasteiger partial charge in [0.05, 0.1) is 5.41 Å². The highest BCUT2D eigenvalue weighted by Gasteiger charge is 2.32. The lowest BCUT2D eigenvalue weighted by molar-refractivity contribution is -0.126. The quantitative estimate of drug-likeness (QED) is 0.552. The van der Waals surface area contributed by atoms with E-state index < -0.39 is 5.41 Å². The van der Waals surface area contributed by atoms with E-state index in [1.165, 1.54) is 0 Å². The van der Waals surface area contributed by atoms with E-state index in [2.05, 4.69) is 48.5 Å². The molecule has 3 heteroatoms. The van der Waals surface area contributed by atoms with Crippen LogP contribution in [-0.2, 0) is 26.8 Å².